The number of aryl methyl sites for hydroxylation is 1. The molecule has 38 heavy (non-hydrogen) atoms. The zero-order chi connectivity index (χ0) is 26.6. The lowest BCUT2D eigenvalue weighted by Gasteiger charge is -2.34. The number of nitrogens with zero attached hydrogens (tertiary/aromatic N) is 2. The highest BCUT2D eigenvalue weighted by Crippen LogP contribution is 2.37. The second-order valence-corrected chi connectivity index (χ2v) is 10.9. The number of aromatic carboxylic acids is 1. The van der Waals surface area contributed by atoms with E-state index in [9.17, 15) is 15.0 Å². The zero-order valence-corrected chi connectivity index (χ0v) is 22.3. The summed E-state index contributed by atoms with van der Waals surface area (Å²) in [6.07, 6.45) is 3.01. The van der Waals surface area contributed by atoms with Gasteiger partial charge in [-0.1, -0.05) is 43.7 Å². The van der Waals surface area contributed by atoms with Crippen LogP contribution in [0.15, 0.2) is 48.5 Å². The van der Waals surface area contributed by atoms with Gasteiger partial charge in [0.15, 0.2) is 0 Å². The first kappa shape index (κ1) is 26.2. The molecule has 1 fully saturated rings. The van der Waals surface area contributed by atoms with E-state index in [0.29, 0.717) is 23.1 Å². The number of hydrogen-bond donors (Lipinski definition) is 4. The average Bonchev–Trinajstić information content (AvgIpc) is 3.27. The Morgan fingerprint density at radius 2 is 1.97 bits per heavy atom. The van der Waals surface area contributed by atoms with Crippen molar-refractivity contribution in [3.63, 3.8) is 0 Å². The smallest absolute Gasteiger partial charge is 0.348 e. The number of carboxylic acids is 1. The van der Waals surface area contributed by atoms with Crippen LogP contribution >= 0.6 is 11.3 Å². The van der Waals surface area contributed by atoms with Crippen molar-refractivity contribution in [1.29, 1.82) is 0 Å². The monoisotopic (exact) mass is 534 g/mol. The number of carboxylic acid groups (broad SMARTS) is 1. The van der Waals surface area contributed by atoms with Crippen molar-refractivity contribution in [3.05, 3.63) is 59.0 Å². The molecule has 1 aliphatic rings. The number of aromatic nitrogens is 1. The number of aliphatic hydroxyl groups is 1. The average molecular weight is 535 g/mol. The van der Waals surface area contributed by atoms with Crippen molar-refractivity contribution in [3.8, 4) is 5.75 Å². The standard InChI is InChI=1S/C29H34N4O4S/c1-2-5-20-15-24(32-28-25(20)26(30)27(38-28)29(35)36)33-12-10-21(11-13-33)31-16-22(34)17-37-23-9-8-18-6-3-4-7-19(18)14-23/h3-4,6-9,14-15,21-22,31,34H,2,5,10-13,16-17,30H2,1H3,(H,35,36). The lowest BCUT2D eigenvalue weighted by atomic mass is 10.0. The Morgan fingerprint density at radius 1 is 1.21 bits per heavy atom. The highest BCUT2D eigenvalue weighted by Gasteiger charge is 2.24. The number of hydrogen-bond acceptors (Lipinski definition) is 8. The number of thiophene rings is 1. The molecule has 1 unspecified atom stereocenters. The summed E-state index contributed by atoms with van der Waals surface area (Å²) in [5.74, 6) is 0.624. The molecular formula is C29H34N4O4S. The molecule has 9 heteroatoms. The van der Waals surface area contributed by atoms with E-state index in [4.69, 9.17) is 15.5 Å². The van der Waals surface area contributed by atoms with Crippen LogP contribution in [0.4, 0.5) is 11.5 Å². The lowest BCUT2D eigenvalue weighted by Crippen LogP contribution is -2.45. The van der Waals surface area contributed by atoms with Crippen molar-refractivity contribution in [1.82, 2.24) is 10.3 Å². The molecule has 0 amide bonds. The highest BCUT2D eigenvalue weighted by molar-refractivity contribution is 7.21. The van der Waals surface area contributed by atoms with Crippen LogP contribution in [-0.4, -0.2) is 59.6 Å². The molecule has 200 valence electrons. The van der Waals surface area contributed by atoms with Crippen LogP contribution in [0, 0.1) is 0 Å². The Morgan fingerprint density at radius 3 is 2.71 bits per heavy atom. The van der Waals surface area contributed by atoms with Gasteiger partial charge in [0.05, 0.1) is 5.69 Å². The van der Waals surface area contributed by atoms with Gasteiger partial charge in [-0.15, -0.1) is 11.3 Å². The third kappa shape index (κ3) is 5.70. The minimum absolute atomic E-state index is 0.160. The molecule has 1 saturated heterocycles. The maximum Gasteiger partial charge on any atom is 0.348 e. The van der Waals surface area contributed by atoms with E-state index in [2.05, 4.69) is 29.3 Å². The number of nitrogens with one attached hydrogen (secondary N) is 1. The molecule has 0 bridgehead atoms. The Labute approximate surface area is 226 Å². The van der Waals surface area contributed by atoms with Gasteiger partial charge in [0.25, 0.3) is 0 Å². The fraction of sp³-hybridized carbons (Fsp3) is 0.379. The molecule has 2 aromatic heterocycles. The summed E-state index contributed by atoms with van der Waals surface area (Å²) in [6, 6.07) is 16.5. The Kier molecular flexibility index (Phi) is 7.97. The topological polar surface area (TPSA) is 121 Å². The molecule has 0 spiro atoms. The zero-order valence-electron chi connectivity index (χ0n) is 21.5. The minimum atomic E-state index is -1.01. The van der Waals surface area contributed by atoms with E-state index in [1.807, 2.05) is 36.4 Å². The van der Waals surface area contributed by atoms with Crippen LogP contribution in [0.3, 0.4) is 0 Å². The highest BCUT2D eigenvalue weighted by atomic mass is 32.1. The fourth-order valence-electron chi connectivity index (χ4n) is 5.10. The number of nitrogens with two attached hydrogens (primary N) is 1. The molecule has 0 saturated carbocycles. The molecule has 3 heterocycles. The minimum Gasteiger partial charge on any atom is -0.491 e. The number of fused-ring (bicyclic) bond motifs is 2. The third-order valence-electron chi connectivity index (χ3n) is 7.11. The molecule has 0 radical (unpaired) electrons. The van der Waals surface area contributed by atoms with Crippen LogP contribution in [0.25, 0.3) is 21.0 Å². The first-order valence-electron chi connectivity index (χ1n) is 13.2. The molecule has 5 N–H and O–H groups in total. The van der Waals surface area contributed by atoms with Gasteiger partial charge >= 0.3 is 5.97 Å². The third-order valence-corrected chi connectivity index (χ3v) is 8.19. The SMILES string of the molecule is CCCc1cc(N2CCC(NCC(O)COc3ccc4ccccc4c3)CC2)nc2sc(C(=O)O)c(N)c12. The van der Waals surface area contributed by atoms with Gasteiger partial charge in [-0.3, -0.25) is 0 Å². The van der Waals surface area contributed by atoms with Crippen LogP contribution in [0.1, 0.15) is 41.4 Å². The summed E-state index contributed by atoms with van der Waals surface area (Å²) in [4.78, 5) is 19.5. The molecule has 4 aromatic rings. The van der Waals surface area contributed by atoms with Gasteiger partial charge in [0.1, 0.15) is 34.0 Å². The largest absolute Gasteiger partial charge is 0.491 e. The number of piperidine rings is 1. The molecule has 8 nitrogen and oxygen atoms in total. The Bertz CT molecular complexity index is 1430. The summed E-state index contributed by atoms with van der Waals surface area (Å²) in [5.41, 5.74) is 7.57. The van der Waals surface area contributed by atoms with Crippen LogP contribution < -0.4 is 20.7 Å². The molecule has 0 aliphatic carbocycles. The van der Waals surface area contributed by atoms with Crippen LogP contribution in [-0.2, 0) is 6.42 Å². The number of rotatable bonds is 10. The van der Waals surface area contributed by atoms with Gasteiger partial charge in [0.2, 0.25) is 0 Å². The normalized spacial score (nSPS) is 15.3. The number of aliphatic hydroxyl groups excluding tert-OH is 1. The first-order chi connectivity index (χ1) is 18.4. The van der Waals surface area contributed by atoms with Crippen molar-refractivity contribution in [2.75, 3.05) is 36.9 Å². The summed E-state index contributed by atoms with van der Waals surface area (Å²) >= 11 is 1.15. The number of ether oxygens (including phenoxy) is 1. The van der Waals surface area contributed by atoms with Gasteiger partial charge < -0.3 is 30.9 Å². The van der Waals surface area contributed by atoms with E-state index in [-0.39, 0.29) is 11.5 Å². The molecular weight excluding hydrogens is 500 g/mol. The second-order valence-electron chi connectivity index (χ2n) is 9.86. The van der Waals surface area contributed by atoms with Crippen molar-refractivity contribution in [2.45, 2.75) is 44.8 Å². The van der Waals surface area contributed by atoms with E-state index < -0.39 is 12.1 Å². The van der Waals surface area contributed by atoms with Crippen molar-refractivity contribution < 1.29 is 19.7 Å². The lowest BCUT2D eigenvalue weighted by molar-refractivity contribution is 0.0703. The predicted octanol–water partition coefficient (Wildman–Crippen LogP) is 4.68. The molecule has 1 atom stereocenters. The summed E-state index contributed by atoms with van der Waals surface area (Å²) < 4.78 is 5.83. The van der Waals surface area contributed by atoms with Gasteiger partial charge in [-0.05, 0) is 53.8 Å². The molecule has 1 aliphatic heterocycles. The maximum atomic E-state index is 11.6. The summed E-state index contributed by atoms with van der Waals surface area (Å²) in [7, 11) is 0. The Hall–Kier alpha value is -3.40. The van der Waals surface area contributed by atoms with Gasteiger partial charge in [0, 0.05) is 31.1 Å². The molecule has 5 rings (SSSR count). The number of pyridine rings is 1. The van der Waals surface area contributed by atoms with E-state index in [1.54, 1.807) is 0 Å². The van der Waals surface area contributed by atoms with Crippen LogP contribution in [0.5, 0.6) is 5.75 Å². The maximum absolute atomic E-state index is 11.6. The van der Waals surface area contributed by atoms with Crippen LogP contribution in [0.2, 0.25) is 0 Å². The van der Waals surface area contributed by atoms with E-state index >= 15 is 0 Å². The van der Waals surface area contributed by atoms with Gasteiger partial charge in [-0.2, -0.15) is 0 Å². The fourth-order valence-corrected chi connectivity index (χ4v) is 6.07. The van der Waals surface area contributed by atoms with Crippen molar-refractivity contribution >= 4 is 49.8 Å². The van der Waals surface area contributed by atoms with E-state index in [0.717, 1.165) is 83.4 Å². The van der Waals surface area contributed by atoms with Gasteiger partial charge in [-0.25, -0.2) is 9.78 Å². The predicted molar refractivity (Wildman–Crippen MR) is 154 cm³/mol. The molecule has 2 aromatic carbocycles. The van der Waals surface area contributed by atoms with E-state index in [1.165, 1.54) is 0 Å². The van der Waals surface area contributed by atoms with Crippen molar-refractivity contribution in [2.24, 2.45) is 0 Å². The number of benzene rings is 2. The summed E-state index contributed by atoms with van der Waals surface area (Å²) in [5, 5.41) is 26.5. The number of nitrogen functional groups attached to an aromatic ring is 1. The summed E-state index contributed by atoms with van der Waals surface area (Å²) in [6.45, 7) is 4.47. The number of anilines is 2. The first-order valence-corrected chi connectivity index (χ1v) is 14.0. The number of carbonyl (C=O) groups is 1. The second kappa shape index (κ2) is 11.6. The quantitative estimate of drug-likeness (QED) is 0.231. The Balaban J connectivity index is 1.14.